The highest BCUT2D eigenvalue weighted by molar-refractivity contribution is 5.84. The summed E-state index contributed by atoms with van der Waals surface area (Å²) in [5.41, 5.74) is 3.71. The van der Waals surface area contributed by atoms with E-state index in [2.05, 4.69) is 42.2 Å². The normalized spacial score (nSPS) is 27.2. The predicted octanol–water partition coefficient (Wildman–Crippen LogP) is 5.07. The highest BCUT2D eigenvalue weighted by Crippen LogP contribution is 2.68. The number of methoxy groups -OCH3 is 1. The van der Waals surface area contributed by atoms with E-state index >= 15 is 0 Å². The van der Waals surface area contributed by atoms with Crippen LogP contribution in [-0.4, -0.2) is 43.5 Å². The maximum atomic E-state index is 12.8. The molecule has 4 bridgehead atoms. The lowest BCUT2D eigenvalue weighted by Gasteiger charge is -2.59. The van der Waals surface area contributed by atoms with E-state index in [-0.39, 0.29) is 5.41 Å². The van der Waals surface area contributed by atoms with E-state index in [1.807, 2.05) is 0 Å². The Kier molecular flexibility index (Phi) is 5.13. The van der Waals surface area contributed by atoms with Crippen molar-refractivity contribution in [1.82, 2.24) is 4.90 Å². The van der Waals surface area contributed by atoms with Gasteiger partial charge in [-0.1, -0.05) is 37.3 Å². The number of hydrogen-bond acceptors (Lipinski definition) is 5. The third kappa shape index (κ3) is 3.12. The van der Waals surface area contributed by atoms with Gasteiger partial charge in [-0.05, 0) is 56.7 Å². The molecule has 174 valence electrons. The Balaban J connectivity index is 1.36. The molecular formula is C28H33NO4. The molecule has 0 unspecified atom stereocenters. The van der Waals surface area contributed by atoms with Gasteiger partial charge >= 0.3 is 0 Å². The number of benzene rings is 2. The van der Waals surface area contributed by atoms with Crippen LogP contribution < -0.4 is 14.2 Å². The summed E-state index contributed by atoms with van der Waals surface area (Å²) < 4.78 is 18.5. The summed E-state index contributed by atoms with van der Waals surface area (Å²) in [7, 11) is 1.71. The molecule has 5 aliphatic rings. The van der Waals surface area contributed by atoms with Crippen molar-refractivity contribution in [2.75, 3.05) is 26.8 Å². The summed E-state index contributed by atoms with van der Waals surface area (Å²) in [5, 5.41) is 0. The Morgan fingerprint density at radius 2 is 2.03 bits per heavy atom. The fourth-order valence-corrected chi connectivity index (χ4v) is 7.14. The van der Waals surface area contributed by atoms with Crippen LogP contribution in [0.25, 0.3) is 0 Å². The van der Waals surface area contributed by atoms with Crippen molar-refractivity contribution in [3.8, 4) is 23.0 Å². The Bertz CT molecular complexity index is 1080. The molecule has 0 amide bonds. The number of likely N-dealkylation sites (tertiary alicyclic amines) is 1. The molecule has 0 radical (unpaired) electrons. The molecule has 1 saturated heterocycles. The molecule has 2 aliphatic carbocycles. The lowest BCUT2D eigenvalue weighted by Crippen LogP contribution is -2.62. The van der Waals surface area contributed by atoms with Crippen molar-refractivity contribution in [2.24, 2.45) is 5.92 Å². The fourth-order valence-electron chi connectivity index (χ4n) is 7.14. The van der Waals surface area contributed by atoms with Crippen molar-refractivity contribution < 1.29 is 19.0 Å². The lowest BCUT2D eigenvalue weighted by atomic mass is 9.51. The molecule has 3 aliphatic heterocycles. The van der Waals surface area contributed by atoms with Crippen molar-refractivity contribution in [2.45, 2.75) is 63.3 Å². The average Bonchev–Trinajstić information content (AvgIpc) is 2.82. The third-order valence-electron chi connectivity index (χ3n) is 8.58. The molecule has 1 saturated carbocycles. The van der Waals surface area contributed by atoms with Gasteiger partial charge in [-0.15, -0.1) is 0 Å². The molecule has 7 rings (SSSR count). The first-order valence-electron chi connectivity index (χ1n) is 12.5. The highest BCUT2D eigenvalue weighted by Gasteiger charge is 2.59. The standard InChI is InChI=1S/C28H33NO4/c1-3-29-14-13-28-17-19(30)11-12-21(28)22(29)16-20-23(28)25-26(31-2)27(33-25)24(20)32-15-7-10-18-8-5-4-6-9-18/h4-6,8-9,21-22H,3,7,10-17H2,1-2H3/t21-,22+,28-/m0/s1. The third-order valence-corrected chi connectivity index (χ3v) is 8.58. The smallest absolute Gasteiger partial charge is 0.215 e. The van der Waals surface area contributed by atoms with Crippen LogP contribution >= 0.6 is 0 Å². The first-order chi connectivity index (χ1) is 16.2. The zero-order valence-electron chi connectivity index (χ0n) is 19.7. The number of aryl methyl sites for hydroxylation is 1. The number of rotatable bonds is 7. The summed E-state index contributed by atoms with van der Waals surface area (Å²) in [6.45, 7) is 5.00. The van der Waals surface area contributed by atoms with Crippen LogP contribution in [0.4, 0.5) is 0 Å². The van der Waals surface area contributed by atoms with Crippen molar-refractivity contribution in [3.63, 3.8) is 0 Å². The zero-order valence-corrected chi connectivity index (χ0v) is 19.7. The second-order valence-corrected chi connectivity index (χ2v) is 10.1. The van der Waals surface area contributed by atoms with Gasteiger partial charge in [-0.2, -0.15) is 0 Å². The highest BCUT2D eigenvalue weighted by atomic mass is 16.6. The average molecular weight is 448 g/mol. The minimum atomic E-state index is -0.136. The van der Waals surface area contributed by atoms with Crippen molar-refractivity contribution >= 4 is 5.78 Å². The molecule has 33 heavy (non-hydrogen) atoms. The molecule has 0 aromatic heterocycles. The van der Waals surface area contributed by atoms with Crippen LogP contribution in [0, 0.1) is 5.92 Å². The Labute approximate surface area is 196 Å². The monoisotopic (exact) mass is 447 g/mol. The number of carbonyl (C=O) groups is 1. The molecule has 0 spiro atoms. The number of Topliss-reactive ketones (excluding diaryl/α,β-unsaturated/α-hetero) is 1. The first-order valence-corrected chi connectivity index (χ1v) is 12.5. The van der Waals surface area contributed by atoms with Crippen LogP contribution in [0.5, 0.6) is 23.0 Å². The van der Waals surface area contributed by atoms with E-state index in [0.717, 1.165) is 68.2 Å². The molecule has 2 aromatic carbocycles. The summed E-state index contributed by atoms with van der Waals surface area (Å²) in [6.07, 6.45) is 6.24. The lowest BCUT2D eigenvalue weighted by molar-refractivity contribution is -0.127. The molecule has 5 heteroatoms. The van der Waals surface area contributed by atoms with Gasteiger partial charge in [0.05, 0.1) is 13.7 Å². The Morgan fingerprint density at radius 1 is 1.18 bits per heavy atom. The van der Waals surface area contributed by atoms with E-state index in [9.17, 15) is 4.79 Å². The van der Waals surface area contributed by atoms with Crippen LogP contribution in [0.15, 0.2) is 30.3 Å². The Morgan fingerprint density at radius 3 is 2.82 bits per heavy atom. The van der Waals surface area contributed by atoms with Gasteiger partial charge in [0.15, 0.2) is 11.5 Å². The fraction of sp³-hybridized carbons (Fsp3) is 0.536. The molecule has 2 fully saturated rings. The topological polar surface area (TPSA) is 48.0 Å². The zero-order chi connectivity index (χ0) is 22.6. The van der Waals surface area contributed by atoms with Crippen LogP contribution in [0.1, 0.15) is 55.7 Å². The first kappa shape index (κ1) is 21.0. The van der Waals surface area contributed by atoms with Gasteiger partial charge in [0.1, 0.15) is 5.78 Å². The minimum Gasteiger partial charge on any atom is -0.490 e. The number of ketones is 1. The molecular weight excluding hydrogens is 414 g/mol. The second-order valence-electron chi connectivity index (χ2n) is 10.1. The molecule has 5 nitrogen and oxygen atoms in total. The van der Waals surface area contributed by atoms with Crippen LogP contribution in [0.3, 0.4) is 0 Å². The molecule has 0 N–H and O–H groups in total. The van der Waals surface area contributed by atoms with E-state index < -0.39 is 0 Å². The largest absolute Gasteiger partial charge is 0.490 e. The number of ether oxygens (including phenoxy) is 3. The summed E-state index contributed by atoms with van der Waals surface area (Å²) in [6, 6.07) is 11.0. The maximum Gasteiger partial charge on any atom is 0.215 e. The van der Waals surface area contributed by atoms with Gasteiger partial charge in [-0.3, -0.25) is 9.69 Å². The second kappa shape index (κ2) is 8.05. The van der Waals surface area contributed by atoms with Gasteiger partial charge < -0.3 is 14.2 Å². The number of carbonyl (C=O) groups excluding carboxylic acids is 1. The van der Waals surface area contributed by atoms with Gasteiger partial charge in [0.2, 0.25) is 11.5 Å². The summed E-state index contributed by atoms with van der Waals surface area (Å²) in [4.78, 5) is 15.4. The summed E-state index contributed by atoms with van der Waals surface area (Å²) >= 11 is 0. The molecule has 2 aromatic rings. The number of piperidine rings is 1. The van der Waals surface area contributed by atoms with Crippen molar-refractivity contribution in [1.29, 1.82) is 0 Å². The number of hydrogen-bond donors (Lipinski definition) is 0. The molecule has 3 atom stereocenters. The number of likely N-dealkylation sites (N-methyl/N-ethyl adjacent to an activating group) is 1. The van der Waals surface area contributed by atoms with E-state index in [1.165, 1.54) is 16.7 Å². The SMILES string of the molecule is CCN1CC[C@]23CC(=O)CC[C@H]2[C@H]1Cc1c(OCCCc2ccccc2)c2c(OC)c(c13)O2. The van der Waals surface area contributed by atoms with Crippen LogP contribution in [0.2, 0.25) is 0 Å². The Hall–Kier alpha value is -2.53. The maximum absolute atomic E-state index is 12.8. The van der Waals surface area contributed by atoms with Gasteiger partial charge in [0.25, 0.3) is 0 Å². The van der Waals surface area contributed by atoms with Crippen LogP contribution in [-0.2, 0) is 23.1 Å². The minimum absolute atomic E-state index is 0.136. The van der Waals surface area contributed by atoms with E-state index in [1.54, 1.807) is 7.11 Å². The predicted molar refractivity (Wildman–Crippen MR) is 127 cm³/mol. The van der Waals surface area contributed by atoms with Crippen molar-refractivity contribution in [3.05, 3.63) is 47.0 Å². The quantitative estimate of drug-likeness (QED) is 0.473. The van der Waals surface area contributed by atoms with E-state index in [0.29, 0.717) is 37.2 Å². The number of nitrogens with zero attached hydrogens (tertiary/aromatic N) is 1. The summed E-state index contributed by atoms with van der Waals surface area (Å²) in [5.74, 6) is 4.20. The molecule has 3 heterocycles. The van der Waals surface area contributed by atoms with Gasteiger partial charge in [0, 0.05) is 35.4 Å². The van der Waals surface area contributed by atoms with Gasteiger partial charge in [-0.25, -0.2) is 0 Å². The van der Waals surface area contributed by atoms with E-state index in [4.69, 9.17) is 14.2 Å².